The molecule has 0 radical (unpaired) electrons. The maximum absolute atomic E-state index is 11.6. The summed E-state index contributed by atoms with van der Waals surface area (Å²) in [6.45, 7) is 3.54. The Labute approximate surface area is 153 Å². The molecule has 2 aromatic rings. The molecule has 5 nitrogen and oxygen atoms in total. The van der Waals surface area contributed by atoms with E-state index in [2.05, 4.69) is 28.4 Å². The first-order valence-corrected chi connectivity index (χ1v) is 8.82. The predicted molar refractivity (Wildman–Crippen MR) is 101 cm³/mol. The molecule has 134 valence electrons. The van der Waals surface area contributed by atoms with Crippen molar-refractivity contribution in [2.45, 2.75) is 32.0 Å². The van der Waals surface area contributed by atoms with Gasteiger partial charge in [0.1, 0.15) is 6.07 Å². The molecule has 26 heavy (non-hydrogen) atoms. The van der Waals surface area contributed by atoms with Crippen LogP contribution in [0.3, 0.4) is 0 Å². The van der Waals surface area contributed by atoms with Gasteiger partial charge < -0.3 is 10.4 Å². The summed E-state index contributed by atoms with van der Waals surface area (Å²) < 4.78 is 0. The van der Waals surface area contributed by atoms with Gasteiger partial charge >= 0.3 is 0 Å². The van der Waals surface area contributed by atoms with Crippen molar-refractivity contribution in [1.29, 1.82) is 5.26 Å². The molecule has 1 saturated heterocycles. The van der Waals surface area contributed by atoms with Crippen molar-refractivity contribution in [3.8, 4) is 6.07 Å². The molecule has 0 amide bonds. The van der Waals surface area contributed by atoms with Gasteiger partial charge in [-0.15, -0.1) is 0 Å². The fraction of sp³-hybridized carbons (Fsp3) is 0.333. The Morgan fingerprint density at radius 1 is 1.31 bits per heavy atom. The molecular weight excluding hydrogens is 326 g/mol. The van der Waals surface area contributed by atoms with Gasteiger partial charge in [-0.25, -0.2) is 0 Å². The van der Waals surface area contributed by atoms with Crippen LogP contribution in [0.15, 0.2) is 48.5 Å². The lowest BCUT2D eigenvalue weighted by Gasteiger charge is -2.25. The first kappa shape index (κ1) is 18.1. The number of nitriles is 1. The number of hydrogen-bond acceptors (Lipinski definition) is 5. The Morgan fingerprint density at radius 3 is 2.77 bits per heavy atom. The van der Waals surface area contributed by atoms with Gasteiger partial charge in [-0.05, 0) is 37.1 Å². The average molecular weight is 349 g/mol. The number of hydrogen-bond donors (Lipinski definition) is 2. The van der Waals surface area contributed by atoms with E-state index < -0.39 is 0 Å². The van der Waals surface area contributed by atoms with Gasteiger partial charge in [0.05, 0.1) is 17.4 Å². The number of β-amino-alcohol motifs (C(OH)–C–C–N with tert-alkyl or cyclic N) is 1. The fourth-order valence-electron chi connectivity index (χ4n) is 3.42. The summed E-state index contributed by atoms with van der Waals surface area (Å²) in [6, 6.07) is 17.6. The Balaban J connectivity index is 1.70. The minimum absolute atomic E-state index is 0.0282. The Hall–Kier alpha value is -2.68. The smallest absolute Gasteiger partial charge is 0.159 e. The molecule has 0 unspecified atom stereocenters. The van der Waals surface area contributed by atoms with Gasteiger partial charge in [0.15, 0.2) is 5.78 Å². The lowest BCUT2D eigenvalue weighted by Crippen LogP contribution is -2.34. The number of ketones is 1. The Kier molecular flexibility index (Phi) is 5.67. The molecule has 5 heteroatoms. The zero-order valence-electron chi connectivity index (χ0n) is 14.9. The zero-order valence-corrected chi connectivity index (χ0v) is 14.9. The fourth-order valence-corrected chi connectivity index (χ4v) is 3.42. The van der Waals surface area contributed by atoms with Crippen molar-refractivity contribution in [2.75, 3.05) is 18.4 Å². The summed E-state index contributed by atoms with van der Waals surface area (Å²) in [7, 11) is 0. The van der Waals surface area contributed by atoms with Crippen LogP contribution in [0.4, 0.5) is 5.69 Å². The van der Waals surface area contributed by atoms with Crippen molar-refractivity contribution in [3.05, 3.63) is 65.2 Å². The lowest BCUT2D eigenvalue weighted by atomic mass is 10.1. The van der Waals surface area contributed by atoms with Crippen LogP contribution < -0.4 is 5.32 Å². The van der Waals surface area contributed by atoms with Gasteiger partial charge in [0.25, 0.3) is 0 Å². The summed E-state index contributed by atoms with van der Waals surface area (Å²) in [5, 5.41) is 22.7. The largest absolute Gasteiger partial charge is 0.392 e. The quantitative estimate of drug-likeness (QED) is 0.784. The molecule has 0 aromatic heterocycles. The van der Waals surface area contributed by atoms with Crippen LogP contribution in [-0.4, -0.2) is 41.0 Å². The van der Waals surface area contributed by atoms with Crippen molar-refractivity contribution in [1.82, 2.24) is 4.90 Å². The minimum atomic E-state index is -0.343. The number of nitrogens with one attached hydrogen (secondary N) is 1. The number of aliphatic hydroxyl groups excluding tert-OH is 1. The third-order valence-electron chi connectivity index (χ3n) is 4.81. The standard InChI is InChI=1S/C21H23N3O2/c1-15(25)17-7-8-18(11-22)21(9-17)23-12-19-10-20(26)14-24(19)13-16-5-3-2-4-6-16/h2-9,19-20,23,26H,10,12-14H2,1H3/t19-,20+/m1/s1. The summed E-state index contributed by atoms with van der Waals surface area (Å²) in [4.78, 5) is 13.9. The lowest BCUT2D eigenvalue weighted by molar-refractivity contribution is 0.101. The van der Waals surface area contributed by atoms with Crippen molar-refractivity contribution in [3.63, 3.8) is 0 Å². The molecule has 2 atom stereocenters. The molecule has 0 bridgehead atoms. The number of carbonyl (C=O) groups is 1. The maximum atomic E-state index is 11.6. The Bertz CT molecular complexity index is 814. The van der Waals surface area contributed by atoms with Crippen LogP contribution in [0.2, 0.25) is 0 Å². The third kappa shape index (κ3) is 4.29. The molecule has 3 rings (SSSR count). The van der Waals surface area contributed by atoms with E-state index in [0.29, 0.717) is 36.3 Å². The normalized spacial score (nSPS) is 19.9. The molecule has 1 aliphatic rings. The molecule has 2 aromatic carbocycles. The van der Waals surface area contributed by atoms with E-state index in [-0.39, 0.29) is 17.9 Å². The second-order valence-electron chi connectivity index (χ2n) is 6.77. The molecule has 1 aliphatic heterocycles. The van der Waals surface area contributed by atoms with Crippen LogP contribution in [0.1, 0.15) is 34.8 Å². The van der Waals surface area contributed by atoms with Crippen LogP contribution in [0, 0.1) is 11.3 Å². The monoisotopic (exact) mass is 349 g/mol. The molecule has 2 N–H and O–H groups in total. The molecule has 0 saturated carbocycles. The molecule has 0 spiro atoms. The number of anilines is 1. The SMILES string of the molecule is CC(=O)c1ccc(C#N)c(NC[C@H]2C[C@H](O)CN2Cc2ccccc2)c1. The van der Waals surface area contributed by atoms with Crippen LogP contribution in [0.5, 0.6) is 0 Å². The van der Waals surface area contributed by atoms with E-state index in [4.69, 9.17) is 0 Å². The number of nitrogens with zero attached hydrogens (tertiary/aromatic N) is 2. The van der Waals surface area contributed by atoms with E-state index in [1.165, 1.54) is 12.5 Å². The topological polar surface area (TPSA) is 76.4 Å². The number of benzene rings is 2. The second kappa shape index (κ2) is 8.13. The maximum Gasteiger partial charge on any atom is 0.159 e. The van der Waals surface area contributed by atoms with E-state index in [0.717, 1.165) is 6.54 Å². The highest BCUT2D eigenvalue weighted by atomic mass is 16.3. The van der Waals surface area contributed by atoms with Crippen LogP contribution >= 0.6 is 0 Å². The summed E-state index contributed by atoms with van der Waals surface area (Å²) in [5.41, 5.74) is 2.98. The van der Waals surface area contributed by atoms with E-state index in [1.54, 1.807) is 18.2 Å². The highest BCUT2D eigenvalue weighted by Crippen LogP contribution is 2.23. The van der Waals surface area contributed by atoms with Gasteiger partial charge in [0, 0.05) is 31.2 Å². The summed E-state index contributed by atoms with van der Waals surface area (Å²) in [5.74, 6) is -0.0282. The minimum Gasteiger partial charge on any atom is -0.392 e. The van der Waals surface area contributed by atoms with E-state index in [9.17, 15) is 15.2 Å². The van der Waals surface area contributed by atoms with Gasteiger partial charge in [-0.3, -0.25) is 9.69 Å². The number of rotatable bonds is 6. The van der Waals surface area contributed by atoms with Gasteiger partial charge in [-0.1, -0.05) is 30.3 Å². The molecular formula is C21H23N3O2. The van der Waals surface area contributed by atoms with Crippen molar-refractivity contribution >= 4 is 11.5 Å². The first-order chi connectivity index (χ1) is 12.6. The van der Waals surface area contributed by atoms with Crippen molar-refractivity contribution < 1.29 is 9.90 Å². The second-order valence-corrected chi connectivity index (χ2v) is 6.77. The summed E-state index contributed by atoms with van der Waals surface area (Å²) in [6.07, 6.45) is 0.346. The van der Waals surface area contributed by atoms with E-state index >= 15 is 0 Å². The Morgan fingerprint density at radius 2 is 2.08 bits per heavy atom. The molecule has 1 heterocycles. The number of likely N-dealkylation sites (tertiary alicyclic amines) is 1. The highest BCUT2D eigenvalue weighted by Gasteiger charge is 2.30. The van der Waals surface area contributed by atoms with E-state index in [1.807, 2.05) is 18.2 Å². The third-order valence-corrected chi connectivity index (χ3v) is 4.81. The first-order valence-electron chi connectivity index (χ1n) is 8.82. The van der Waals surface area contributed by atoms with Gasteiger partial charge in [0.2, 0.25) is 0 Å². The van der Waals surface area contributed by atoms with Crippen LogP contribution in [-0.2, 0) is 6.54 Å². The van der Waals surface area contributed by atoms with Crippen LogP contribution in [0.25, 0.3) is 0 Å². The highest BCUT2D eigenvalue weighted by molar-refractivity contribution is 5.95. The summed E-state index contributed by atoms with van der Waals surface area (Å²) >= 11 is 0. The zero-order chi connectivity index (χ0) is 18.5. The number of carbonyl (C=O) groups excluding carboxylic acids is 1. The van der Waals surface area contributed by atoms with Gasteiger partial charge in [-0.2, -0.15) is 5.26 Å². The molecule has 0 aliphatic carbocycles. The predicted octanol–water partition coefficient (Wildman–Crippen LogP) is 2.81. The number of aliphatic hydroxyl groups is 1. The van der Waals surface area contributed by atoms with Crippen molar-refractivity contribution in [2.24, 2.45) is 0 Å². The average Bonchev–Trinajstić information content (AvgIpc) is 2.99. The molecule has 1 fully saturated rings. The number of Topliss-reactive ketones (excluding diaryl/α,β-unsaturated/α-hetero) is 1.